The second kappa shape index (κ2) is 10.3. The van der Waals surface area contributed by atoms with Crippen molar-refractivity contribution in [2.24, 2.45) is 0 Å². The van der Waals surface area contributed by atoms with Crippen LogP contribution in [0.5, 0.6) is 0 Å². The number of carbonyl (C=O) groups is 1. The summed E-state index contributed by atoms with van der Waals surface area (Å²) in [6.07, 6.45) is 3.72. The largest absolute Gasteiger partial charge is 0.468 e. The van der Waals surface area contributed by atoms with Crippen LogP contribution < -0.4 is 5.32 Å². The Bertz CT molecular complexity index is 296. The molecule has 106 valence electrons. The summed E-state index contributed by atoms with van der Waals surface area (Å²) in [6, 6.07) is 0. The van der Waals surface area contributed by atoms with Gasteiger partial charge in [-0.25, -0.2) is 0 Å². The fourth-order valence-electron chi connectivity index (χ4n) is 1.15. The van der Waals surface area contributed by atoms with E-state index in [1.165, 1.54) is 7.11 Å². The van der Waals surface area contributed by atoms with Crippen LogP contribution in [-0.2, 0) is 23.1 Å². The lowest BCUT2D eigenvalue weighted by Crippen LogP contribution is -2.23. The molecule has 0 aliphatic carbocycles. The summed E-state index contributed by atoms with van der Waals surface area (Å²) in [7, 11) is -1.67. The molecule has 18 heavy (non-hydrogen) atoms. The zero-order valence-corrected chi connectivity index (χ0v) is 12.1. The summed E-state index contributed by atoms with van der Waals surface area (Å²) in [6.45, 7) is 4.89. The average Bonchev–Trinajstić information content (AvgIpc) is 2.33. The Morgan fingerprint density at radius 2 is 1.83 bits per heavy atom. The minimum absolute atomic E-state index is 0.148. The molecule has 0 amide bonds. The predicted octanol–water partition coefficient (Wildman–Crippen LogP) is 1.57. The second-order valence-electron chi connectivity index (χ2n) is 3.31. The molecule has 0 aliphatic rings. The van der Waals surface area contributed by atoms with Crippen molar-refractivity contribution >= 4 is 13.6 Å². The topological polar surface area (TPSA) is 73.9 Å². The minimum Gasteiger partial charge on any atom is -0.468 e. The number of nitrogens with one attached hydrogen (secondary N) is 1. The highest BCUT2D eigenvalue weighted by Crippen LogP contribution is 2.47. The van der Waals surface area contributed by atoms with Gasteiger partial charge < -0.3 is 19.1 Å². The van der Waals surface area contributed by atoms with Gasteiger partial charge in [0.15, 0.2) is 0 Å². The van der Waals surface area contributed by atoms with E-state index in [2.05, 4.69) is 10.1 Å². The van der Waals surface area contributed by atoms with Crippen LogP contribution in [0.4, 0.5) is 0 Å². The third kappa shape index (κ3) is 8.42. The lowest BCUT2D eigenvalue weighted by molar-refractivity contribution is -0.139. The lowest BCUT2D eigenvalue weighted by atomic mass is 10.5. The van der Waals surface area contributed by atoms with Gasteiger partial charge >= 0.3 is 13.6 Å². The standard InChI is InChI=1S/C11H22NO5P/c1-4-16-18(14,17-5-2)9-7-6-8-12-10-11(13)15-3/h6-7,12H,4-5,8-10H2,1-3H3. The Morgan fingerprint density at radius 1 is 1.22 bits per heavy atom. The number of hydrogen-bond acceptors (Lipinski definition) is 6. The van der Waals surface area contributed by atoms with Crippen LogP contribution >= 0.6 is 7.60 Å². The van der Waals surface area contributed by atoms with Crippen LogP contribution in [0, 0.1) is 0 Å². The maximum absolute atomic E-state index is 12.0. The molecule has 0 aromatic carbocycles. The molecule has 0 atom stereocenters. The Labute approximate surface area is 108 Å². The molecule has 0 bridgehead atoms. The number of allylic oxidation sites excluding steroid dienone is 1. The highest BCUT2D eigenvalue weighted by atomic mass is 31.2. The predicted molar refractivity (Wildman–Crippen MR) is 69.8 cm³/mol. The van der Waals surface area contributed by atoms with Crippen molar-refractivity contribution in [3.8, 4) is 0 Å². The molecule has 0 saturated carbocycles. The van der Waals surface area contributed by atoms with Gasteiger partial charge in [-0.15, -0.1) is 0 Å². The van der Waals surface area contributed by atoms with Crippen LogP contribution in [-0.4, -0.2) is 45.5 Å². The van der Waals surface area contributed by atoms with Crippen molar-refractivity contribution in [2.75, 3.05) is 39.6 Å². The molecule has 0 radical (unpaired) electrons. The first-order valence-electron chi connectivity index (χ1n) is 5.88. The smallest absolute Gasteiger partial charge is 0.334 e. The van der Waals surface area contributed by atoms with Gasteiger partial charge in [-0.1, -0.05) is 12.2 Å². The van der Waals surface area contributed by atoms with Crippen LogP contribution in [0.3, 0.4) is 0 Å². The first kappa shape index (κ1) is 17.3. The summed E-state index contributed by atoms with van der Waals surface area (Å²) >= 11 is 0. The molecule has 0 spiro atoms. The van der Waals surface area contributed by atoms with Crippen LogP contribution in [0.15, 0.2) is 12.2 Å². The normalized spacial score (nSPS) is 11.9. The Balaban J connectivity index is 3.90. The van der Waals surface area contributed by atoms with E-state index in [9.17, 15) is 9.36 Å². The van der Waals surface area contributed by atoms with Crippen molar-refractivity contribution in [3.63, 3.8) is 0 Å². The summed E-state index contributed by atoms with van der Waals surface area (Å²) in [5.74, 6) is -0.322. The fourth-order valence-corrected chi connectivity index (χ4v) is 2.63. The zero-order chi connectivity index (χ0) is 13.9. The zero-order valence-electron chi connectivity index (χ0n) is 11.2. The van der Waals surface area contributed by atoms with Crippen LogP contribution in [0.25, 0.3) is 0 Å². The van der Waals surface area contributed by atoms with Gasteiger partial charge in [-0.05, 0) is 13.8 Å². The molecule has 7 heteroatoms. The van der Waals surface area contributed by atoms with Crippen molar-refractivity contribution in [2.45, 2.75) is 13.8 Å². The minimum atomic E-state index is -3.00. The van der Waals surface area contributed by atoms with E-state index in [4.69, 9.17) is 9.05 Å². The van der Waals surface area contributed by atoms with E-state index in [1.807, 2.05) is 0 Å². The van der Waals surface area contributed by atoms with Gasteiger partial charge in [-0.2, -0.15) is 0 Å². The van der Waals surface area contributed by atoms with E-state index in [0.29, 0.717) is 19.8 Å². The molecule has 1 N–H and O–H groups in total. The van der Waals surface area contributed by atoms with Gasteiger partial charge in [0.05, 0.1) is 33.0 Å². The summed E-state index contributed by atoms with van der Waals surface area (Å²) < 4.78 is 26.7. The molecule has 0 aromatic rings. The Hall–Kier alpha value is -0.680. The van der Waals surface area contributed by atoms with Gasteiger partial charge in [0.2, 0.25) is 0 Å². The van der Waals surface area contributed by atoms with E-state index in [1.54, 1.807) is 26.0 Å². The molecule has 0 saturated heterocycles. The number of rotatable bonds is 10. The van der Waals surface area contributed by atoms with Crippen LogP contribution in [0.2, 0.25) is 0 Å². The van der Waals surface area contributed by atoms with E-state index >= 15 is 0 Å². The van der Waals surface area contributed by atoms with Crippen molar-refractivity contribution in [3.05, 3.63) is 12.2 Å². The number of methoxy groups -OCH3 is 1. The number of hydrogen-bond donors (Lipinski definition) is 1. The van der Waals surface area contributed by atoms with Gasteiger partial charge in [-0.3, -0.25) is 9.36 Å². The maximum Gasteiger partial charge on any atom is 0.334 e. The van der Waals surface area contributed by atoms with E-state index in [-0.39, 0.29) is 18.7 Å². The quantitative estimate of drug-likeness (QED) is 0.283. The van der Waals surface area contributed by atoms with Gasteiger partial charge in [0, 0.05) is 6.54 Å². The number of ether oxygens (including phenoxy) is 1. The highest BCUT2D eigenvalue weighted by Gasteiger charge is 2.20. The summed E-state index contributed by atoms with van der Waals surface area (Å²) in [4.78, 5) is 10.8. The third-order valence-corrected chi connectivity index (χ3v) is 3.87. The van der Waals surface area contributed by atoms with Crippen LogP contribution in [0.1, 0.15) is 13.8 Å². The molecule has 0 aliphatic heterocycles. The van der Waals surface area contributed by atoms with Crippen molar-refractivity contribution in [1.29, 1.82) is 0 Å². The Morgan fingerprint density at radius 3 is 2.33 bits per heavy atom. The monoisotopic (exact) mass is 279 g/mol. The van der Waals surface area contributed by atoms with Crippen molar-refractivity contribution < 1.29 is 23.1 Å². The molecule has 0 aromatic heterocycles. The average molecular weight is 279 g/mol. The first-order chi connectivity index (χ1) is 8.58. The van der Waals surface area contributed by atoms with Gasteiger partial charge in [0.1, 0.15) is 0 Å². The molecule has 6 nitrogen and oxygen atoms in total. The molecule has 0 rings (SSSR count). The summed E-state index contributed by atoms with van der Waals surface area (Å²) in [5, 5.41) is 2.85. The van der Waals surface area contributed by atoms with E-state index in [0.717, 1.165) is 0 Å². The van der Waals surface area contributed by atoms with E-state index < -0.39 is 7.60 Å². The lowest BCUT2D eigenvalue weighted by Gasteiger charge is -2.14. The molecule has 0 unspecified atom stereocenters. The maximum atomic E-state index is 12.0. The van der Waals surface area contributed by atoms with Crippen molar-refractivity contribution in [1.82, 2.24) is 5.32 Å². The second-order valence-corrected chi connectivity index (χ2v) is 5.41. The van der Waals surface area contributed by atoms with Gasteiger partial charge in [0.25, 0.3) is 0 Å². The number of esters is 1. The SMILES string of the molecule is CCOP(=O)(CC=CCNCC(=O)OC)OCC. The first-order valence-corrected chi connectivity index (χ1v) is 7.61. The summed E-state index contributed by atoms with van der Waals surface area (Å²) in [5.41, 5.74) is 0. The third-order valence-electron chi connectivity index (χ3n) is 1.91. The Kier molecular flexibility index (Phi) is 9.87. The molecule has 0 fully saturated rings. The molecular formula is C11H22NO5P. The number of carbonyl (C=O) groups excluding carboxylic acids is 1. The fraction of sp³-hybridized carbons (Fsp3) is 0.727. The molecular weight excluding hydrogens is 257 g/mol. The molecule has 0 heterocycles. The highest BCUT2D eigenvalue weighted by molar-refractivity contribution is 7.54.